The minimum atomic E-state index is 0.304. The highest BCUT2D eigenvalue weighted by atomic mass is 16.5. The maximum absolute atomic E-state index is 9.62. The van der Waals surface area contributed by atoms with Crippen molar-refractivity contribution in [3.63, 3.8) is 0 Å². The van der Waals surface area contributed by atoms with Crippen molar-refractivity contribution in [2.24, 2.45) is 0 Å². The molecule has 0 aliphatic carbocycles. The predicted octanol–water partition coefficient (Wildman–Crippen LogP) is 6.46. The lowest BCUT2D eigenvalue weighted by molar-refractivity contribution is 0.474. The van der Waals surface area contributed by atoms with E-state index in [0.717, 1.165) is 48.3 Å². The van der Waals surface area contributed by atoms with E-state index < -0.39 is 0 Å². The van der Waals surface area contributed by atoms with E-state index in [1.54, 1.807) is 12.1 Å². The summed E-state index contributed by atoms with van der Waals surface area (Å²) in [5.74, 6) is 2.24. The highest BCUT2D eigenvalue weighted by Gasteiger charge is 2.03. The van der Waals surface area contributed by atoms with Gasteiger partial charge in [-0.25, -0.2) is 0 Å². The van der Waals surface area contributed by atoms with Crippen molar-refractivity contribution >= 4 is 0 Å². The third kappa shape index (κ3) is 6.13. The largest absolute Gasteiger partial charge is 0.508 e. The average molecular weight is 411 g/mol. The molecule has 0 bridgehead atoms. The zero-order valence-corrected chi connectivity index (χ0v) is 17.4. The zero-order valence-electron chi connectivity index (χ0n) is 17.4. The Labute approximate surface area is 183 Å². The Hall–Kier alpha value is -3.72. The minimum Gasteiger partial charge on any atom is -0.508 e. The molecule has 4 aromatic carbocycles. The van der Waals surface area contributed by atoms with Crippen LogP contribution in [0.1, 0.15) is 22.3 Å². The van der Waals surface area contributed by atoms with Crippen molar-refractivity contribution in [1.82, 2.24) is 0 Å². The average Bonchev–Trinajstić information content (AvgIpc) is 2.77. The lowest BCUT2D eigenvalue weighted by atomic mass is 10.0. The standard InChI is InChI=1S/C28H26O3/c29-25-9-1-5-21(17-25)13-15-23-7-3-11-27(19-23)31-28-12-4-8-24(20-28)16-14-22-6-2-10-26(30)18-22/h1-12,17-20,29-30H,13-16H2. The van der Waals surface area contributed by atoms with Crippen LogP contribution >= 0.6 is 0 Å². The van der Waals surface area contributed by atoms with Crippen LogP contribution < -0.4 is 4.74 Å². The van der Waals surface area contributed by atoms with Crippen LogP contribution in [-0.2, 0) is 25.7 Å². The highest BCUT2D eigenvalue weighted by molar-refractivity contribution is 5.37. The molecule has 4 rings (SSSR count). The fourth-order valence-electron chi connectivity index (χ4n) is 3.67. The molecule has 156 valence electrons. The van der Waals surface area contributed by atoms with E-state index in [1.165, 1.54) is 11.1 Å². The van der Waals surface area contributed by atoms with Gasteiger partial charge in [-0.05, 0) is 96.5 Å². The number of aryl methyl sites for hydroxylation is 4. The number of hydrogen-bond donors (Lipinski definition) is 2. The second kappa shape index (κ2) is 9.86. The third-order valence-corrected chi connectivity index (χ3v) is 5.26. The molecule has 0 amide bonds. The monoisotopic (exact) mass is 410 g/mol. The van der Waals surface area contributed by atoms with E-state index in [9.17, 15) is 10.2 Å². The molecule has 4 aromatic rings. The summed E-state index contributed by atoms with van der Waals surface area (Å²) >= 11 is 0. The summed E-state index contributed by atoms with van der Waals surface area (Å²) in [6, 6.07) is 31.1. The molecule has 0 radical (unpaired) electrons. The van der Waals surface area contributed by atoms with Crippen molar-refractivity contribution in [3.8, 4) is 23.0 Å². The van der Waals surface area contributed by atoms with Crippen LogP contribution in [0.2, 0.25) is 0 Å². The van der Waals surface area contributed by atoms with Gasteiger partial charge < -0.3 is 14.9 Å². The van der Waals surface area contributed by atoms with Gasteiger partial charge in [0.2, 0.25) is 0 Å². The van der Waals surface area contributed by atoms with Gasteiger partial charge in [0.15, 0.2) is 0 Å². The summed E-state index contributed by atoms with van der Waals surface area (Å²) in [5, 5.41) is 19.2. The summed E-state index contributed by atoms with van der Waals surface area (Å²) < 4.78 is 6.12. The van der Waals surface area contributed by atoms with Gasteiger partial charge in [0, 0.05) is 0 Å². The molecule has 0 spiro atoms. The first-order valence-corrected chi connectivity index (χ1v) is 10.6. The molecule has 0 heterocycles. The summed E-state index contributed by atoms with van der Waals surface area (Å²) in [7, 11) is 0. The van der Waals surface area contributed by atoms with Gasteiger partial charge >= 0.3 is 0 Å². The third-order valence-electron chi connectivity index (χ3n) is 5.26. The van der Waals surface area contributed by atoms with Gasteiger partial charge in [0.05, 0.1) is 0 Å². The van der Waals surface area contributed by atoms with Gasteiger partial charge in [0.25, 0.3) is 0 Å². The highest BCUT2D eigenvalue weighted by Crippen LogP contribution is 2.25. The van der Waals surface area contributed by atoms with Crippen molar-refractivity contribution in [2.75, 3.05) is 0 Å². The Kier molecular flexibility index (Phi) is 6.53. The lowest BCUT2D eigenvalue weighted by Gasteiger charge is -2.10. The molecular weight excluding hydrogens is 384 g/mol. The molecule has 0 unspecified atom stereocenters. The van der Waals surface area contributed by atoms with E-state index in [-0.39, 0.29) is 0 Å². The Morgan fingerprint density at radius 3 is 1.19 bits per heavy atom. The molecule has 3 nitrogen and oxygen atoms in total. The number of aromatic hydroxyl groups is 2. The summed E-state index contributed by atoms with van der Waals surface area (Å²) in [6.45, 7) is 0. The van der Waals surface area contributed by atoms with E-state index >= 15 is 0 Å². The van der Waals surface area contributed by atoms with Crippen molar-refractivity contribution < 1.29 is 14.9 Å². The van der Waals surface area contributed by atoms with Crippen LogP contribution in [0, 0.1) is 0 Å². The quantitative estimate of drug-likeness (QED) is 0.350. The Morgan fingerprint density at radius 1 is 0.452 bits per heavy atom. The number of phenolic OH excluding ortho intramolecular Hbond substituents is 2. The number of phenols is 2. The maximum atomic E-state index is 9.62. The number of benzene rings is 4. The first-order valence-electron chi connectivity index (χ1n) is 10.6. The van der Waals surface area contributed by atoms with Crippen LogP contribution in [0.4, 0.5) is 0 Å². The molecule has 0 fully saturated rings. The van der Waals surface area contributed by atoms with Gasteiger partial charge in [-0.1, -0.05) is 48.5 Å². The fourth-order valence-corrected chi connectivity index (χ4v) is 3.67. The van der Waals surface area contributed by atoms with Crippen molar-refractivity contribution in [2.45, 2.75) is 25.7 Å². The van der Waals surface area contributed by atoms with Crippen LogP contribution in [0.3, 0.4) is 0 Å². The molecular formula is C28H26O3. The smallest absolute Gasteiger partial charge is 0.127 e. The first-order chi connectivity index (χ1) is 15.1. The first kappa shape index (κ1) is 20.5. The minimum absolute atomic E-state index is 0.304. The molecule has 3 heteroatoms. The Bertz CT molecular complexity index is 1060. The summed E-state index contributed by atoms with van der Waals surface area (Å²) in [4.78, 5) is 0. The Morgan fingerprint density at radius 2 is 0.806 bits per heavy atom. The normalized spacial score (nSPS) is 10.7. The lowest BCUT2D eigenvalue weighted by Crippen LogP contribution is -1.94. The van der Waals surface area contributed by atoms with Crippen molar-refractivity contribution in [3.05, 3.63) is 119 Å². The van der Waals surface area contributed by atoms with Crippen LogP contribution in [-0.4, -0.2) is 10.2 Å². The summed E-state index contributed by atoms with van der Waals surface area (Å²) in [5.41, 5.74) is 4.62. The maximum Gasteiger partial charge on any atom is 0.127 e. The molecule has 31 heavy (non-hydrogen) atoms. The fraction of sp³-hybridized carbons (Fsp3) is 0.143. The molecule has 0 atom stereocenters. The van der Waals surface area contributed by atoms with E-state index in [4.69, 9.17) is 4.74 Å². The van der Waals surface area contributed by atoms with Crippen LogP contribution in [0.15, 0.2) is 97.1 Å². The van der Waals surface area contributed by atoms with Crippen molar-refractivity contribution in [1.29, 1.82) is 0 Å². The topological polar surface area (TPSA) is 49.7 Å². The van der Waals surface area contributed by atoms with Gasteiger partial charge in [-0.15, -0.1) is 0 Å². The van der Waals surface area contributed by atoms with E-state index in [1.807, 2.05) is 60.7 Å². The SMILES string of the molecule is Oc1cccc(CCc2cccc(Oc3cccc(CCc4cccc(O)c4)c3)c2)c1. The summed E-state index contributed by atoms with van der Waals surface area (Å²) in [6.07, 6.45) is 3.49. The van der Waals surface area contributed by atoms with Crippen LogP contribution in [0.25, 0.3) is 0 Å². The second-order valence-electron chi connectivity index (χ2n) is 7.74. The number of ether oxygens (including phenoxy) is 1. The van der Waals surface area contributed by atoms with Crippen LogP contribution in [0.5, 0.6) is 23.0 Å². The van der Waals surface area contributed by atoms with E-state index in [2.05, 4.69) is 24.3 Å². The molecule has 0 aliphatic rings. The predicted molar refractivity (Wildman–Crippen MR) is 124 cm³/mol. The molecule has 0 aliphatic heterocycles. The zero-order chi connectivity index (χ0) is 21.5. The molecule has 0 aromatic heterocycles. The molecule has 2 N–H and O–H groups in total. The second-order valence-corrected chi connectivity index (χ2v) is 7.74. The Balaban J connectivity index is 1.37. The van der Waals surface area contributed by atoms with Gasteiger partial charge in [-0.3, -0.25) is 0 Å². The number of hydrogen-bond acceptors (Lipinski definition) is 3. The molecule has 0 saturated carbocycles. The van der Waals surface area contributed by atoms with Gasteiger partial charge in [0.1, 0.15) is 23.0 Å². The van der Waals surface area contributed by atoms with Gasteiger partial charge in [-0.2, -0.15) is 0 Å². The number of rotatable bonds is 8. The van der Waals surface area contributed by atoms with E-state index in [0.29, 0.717) is 11.5 Å². The molecule has 0 saturated heterocycles.